The molecule has 0 radical (unpaired) electrons. The fourth-order valence-electron chi connectivity index (χ4n) is 3.71. The van der Waals surface area contributed by atoms with E-state index in [0.717, 1.165) is 36.0 Å². The van der Waals surface area contributed by atoms with Crippen LogP contribution in [0.25, 0.3) is 0 Å². The Bertz CT molecular complexity index is 893. The second-order valence-electron chi connectivity index (χ2n) is 6.70. The number of nitrogens with one attached hydrogen (secondary N) is 1. The van der Waals surface area contributed by atoms with Crippen molar-refractivity contribution in [1.82, 2.24) is 24.8 Å². The van der Waals surface area contributed by atoms with Crippen molar-refractivity contribution in [3.8, 4) is 0 Å². The van der Waals surface area contributed by atoms with E-state index < -0.39 is 0 Å². The van der Waals surface area contributed by atoms with Gasteiger partial charge in [0.2, 0.25) is 0 Å². The molecule has 4 heterocycles. The van der Waals surface area contributed by atoms with Crippen LogP contribution >= 0.6 is 12.2 Å². The maximum absolute atomic E-state index is 5.67. The quantitative estimate of drug-likeness (QED) is 0.664. The van der Waals surface area contributed by atoms with Gasteiger partial charge >= 0.3 is 0 Å². The zero-order valence-electron chi connectivity index (χ0n) is 15.3. The minimum atomic E-state index is 0.0302. The molecule has 0 amide bonds. The summed E-state index contributed by atoms with van der Waals surface area (Å²) in [6.07, 6.45) is 6.83. The second-order valence-corrected chi connectivity index (χ2v) is 7.09. The Labute approximate surface area is 165 Å². The van der Waals surface area contributed by atoms with Crippen LogP contribution in [0.15, 0.2) is 67.1 Å². The van der Waals surface area contributed by atoms with E-state index in [0.29, 0.717) is 0 Å². The van der Waals surface area contributed by atoms with Crippen molar-refractivity contribution in [1.29, 1.82) is 0 Å². The largest absolute Gasteiger partial charge is 0.352 e. The van der Waals surface area contributed by atoms with Crippen molar-refractivity contribution in [2.75, 3.05) is 6.54 Å². The number of aromatic nitrogens is 3. The molecule has 1 aliphatic rings. The van der Waals surface area contributed by atoms with E-state index in [9.17, 15) is 0 Å². The molecule has 2 atom stereocenters. The lowest BCUT2D eigenvalue weighted by Crippen LogP contribution is -2.31. The highest BCUT2D eigenvalue weighted by Crippen LogP contribution is 2.38. The lowest BCUT2D eigenvalue weighted by molar-refractivity contribution is 0.304. The summed E-state index contributed by atoms with van der Waals surface area (Å²) in [6.45, 7) is 3.83. The van der Waals surface area contributed by atoms with Crippen molar-refractivity contribution in [3.05, 3.63) is 84.2 Å². The molecule has 138 valence electrons. The highest BCUT2D eigenvalue weighted by molar-refractivity contribution is 7.80. The molecular weight excluding hydrogens is 354 g/mol. The van der Waals surface area contributed by atoms with Crippen molar-refractivity contribution in [2.24, 2.45) is 0 Å². The summed E-state index contributed by atoms with van der Waals surface area (Å²) in [7, 11) is 0. The lowest BCUT2D eigenvalue weighted by atomic mass is 10.0. The van der Waals surface area contributed by atoms with E-state index in [1.165, 1.54) is 5.69 Å². The summed E-state index contributed by atoms with van der Waals surface area (Å²) >= 11 is 5.67. The summed E-state index contributed by atoms with van der Waals surface area (Å²) in [5.74, 6) is 0. The monoisotopic (exact) mass is 377 g/mol. The Hall–Kier alpha value is -2.73. The number of thiocarbonyl (C=S) groups is 1. The maximum Gasteiger partial charge on any atom is 0.170 e. The van der Waals surface area contributed by atoms with Crippen molar-refractivity contribution >= 4 is 17.3 Å². The molecular formula is C21H23N5S. The van der Waals surface area contributed by atoms with Crippen molar-refractivity contribution < 1.29 is 0 Å². The average Bonchev–Trinajstić information content (AvgIpc) is 3.28. The highest BCUT2D eigenvalue weighted by atomic mass is 32.1. The smallest absolute Gasteiger partial charge is 0.170 e. The number of rotatable bonds is 6. The number of hydrogen-bond donors (Lipinski definition) is 1. The molecule has 0 aromatic carbocycles. The van der Waals surface area contributed by atoms with Gasteiger partial charge in [0.15, 0.2) is 5.11 Å². The van der Waals surface area contributed by atoms with Gasteiger partial charge in [-0.1, -0.05) is 19.1 Å². The SMILES string of the molecule is CCCN1C(=S)N[C@H](c2ccccn2)[C@@H]1c1cccn1Cc1ccccn1. The Morgan fingerprint density at radius 1 is 1.04 bits per heavy atom. The van der Waals surface area contributed by atoms with Gasteiger partial charge < -0.3 is 14.8 Å². The van der Waals surface area contributed by atoms with Crippen LogP contribution in [0, 0.1) is 0 Å². The molecule has 0 aliphatic carbocycles. The van der Waals surface area contributed by atoms with Crippen molar-refractivity contribution in [3.63, 3.8) is 0 Å². The maximum atomic E-state index is 5.67. The van der Waals surface area contributed by atoms with Crippen LogP contribution in [0.5, 0.6) is 0 Å². The summed E-state index contributed by atoms with van der Waals surface area (Å²) in [6, 6.07) is 16.5. The Morgan fingerprint density at radius 2 is 1.85 bits per heavy atom. The van der Waals surface area contributed by atoms with Crippen LogP contribution in [0.4, 0.5) is 0 Å². The van der Waals surface area contributed by atoms with Crippen LogP contribution in [-0.4, -0.2) is 31.1 Å². The summed E-state index contributed by atoms with van der Waals surface area (Å²) in [4.78, 5) is 11.4. The van der Waals surface area contributed by atoms with Gasteiger partial charge in [-0.3, -0.25) is 9.97 Å². The lowest BCUT2D eigenvalue weighted by Gasteiger charge is -2.28. The zero-order chi connectivity index (χ0) is 18.6. The van der Waals surface area contributed by atoms with Crippen LogP contribution < -0.4 is 5.32 Å². The molecule has 4 rings (SSSR count). The van der Waals surface area contributed by atoms with Crippen molar-refractivity contribution in [2.45, 2.75) is 32.0 Å². The fourth-order valence-corrected chi connectivity index (χ4v) is 4.05. The van der Waals surface area contributed by atoms with E-state index >= 15 is 0 Å². The molecule has 0 unspecified atom stereocenters. The normalized spacial score (nSPS) is 19.3. The number of pyridine rings is 2. The molecule has 0 spiro atoms. The predicted octanol–water partition coefficient (Wildman–Crippen LogP) is 3.71. The molecule has 6 heteroatoms. The van der Waals surface area contributed by atoms with Crippen LogP contribution in [0.1, 0.15) is 42.5 Å². The first-order valence-electron chi connectivity index (χ1n) is 9.31. The highest BCUT2D eigenvalue weighted by Gasteiger charge is 2.40. The summed E-state index contributed by atoms with van der Waals surface area (Å²) < 4.78 is 2.27. The van der Waals surface area contributed by atoms with Gasteiger partial charge in [0, 0.05) is 30.8 Å². The minimum absolute atomic E-state index is 0.0302. The fraction of sp³-hybridized carbons (Fsp3) is 0.286. The molecule has 1 aliphatic heterocycles. The van der Waals surface area contributed by atoms with Gasteiger partial charge in [0.1, 0.15) is 0 Å². The van der Waals surface area contributed by atoms with Gasteiger partial charge in [0.25, 0.3) is 0 Å². The van der Waals surface area contributed by atoms with E-state index in [2.05, 4.69) is 62.1 Å². The molecule has 3 aromatic heterocycles. The van der Waals surface area contributed by atoms with Gasteiger partial charge in [-0.15, -0.1) is 0 Å². The molecule has 1 saturated heterocycles. The van der Waals surface area contributed by atoms with Gasteiger partial charge in [-0.25, -0.2) is 0 Å². The average molecular weight is 378 g/mol. The second kappa shape index (κ2) is 7.88. The van der Waals surface area contributed by atoms with Gasteiger partial charge in [0.05, 0.1) is 30.0 Å². The Morgan fingerprint density at radius 3 is 2.56 bits per heavy atom. The molecule has 0 bridgehead atoms. The topological polar surface area (TPSA) is 46.0 Å². The third-order valence-electron chi connectivity index (χ3n) is 4.89. The summed E-state index contributed by atoms with van der Waals surface area (Å²) in [5.41, 5.74) is 3.27. The first-order valence-corrected chi connectivity index (χ1v) is 9.71. The van der Waals surface area contributed by atoms with E-state index in [-0.39, 0.29) is 12.1 Å². The van der Waals surface area contributed by atoms with Gasteiger partial charge in [-0.05, 0) is 55.0 Å². The summed E-state index contributed by atoms with van der Waals surface area (Å²) in [5, 5.41) is 4.29. The number of hydrogen-bond acceptors (Lipinski definition) is 3. The molecule has 27 heavy (non-hydrogen) atoms. The Balaban J connectivity index is 1.72. The van der Waals surface area contributed by atoms with Gasteiger partial charge in [-0.2, -0.15) is 0 Å². The molecule has 0 saturated carbocycles. The molecule has 3 aromatic rings. The molecule has 1 N–H and O–H groups in total. The molecule has 5 nitrogen and oxygen atoms in total. The minimum Gasteiger partial charge on any atom is -0.352 e. The third kappa shape index (κ3) is 3.57. The first kappa shape index (κ1) is 17.7. The van der Waals surface area contributed by atoms with E-state index in [1.807, 2.05) is 36.7 Å². The third-order valence-corrected chi connectivity index (χ3v) is 5.24. The first-order chi connectivity index (χ1) is 13.3. The standard InChI is InChI=1S/C21H23N5S/c1-2-13-26-20(19(24-21(26)27)17-9-4-6-12-23-17)18-10-7-14-25(18)15-16-8-3-5-11-22-16/h3-12,14,19-20H,2,13,15H2,1H3,(H,24,27)/t19-,20+/m1/s1. The molecule has 1 fully saturated rings. The predicted molar refractivity (Wildman–Crippen MR) is 110 cm³/mol. The Kier molecular flexibility index (Phi) is 5.16. The van der Waals surface area contributed by atoms with Crippen LogP contribution in [0.2, 0.25) is 0 Å². The van der Waals surface area contributed by atoms with E-state index in [4.69, 9.17) is 12.2 Å². The zero-order valence-corrected chi connectivity index (χ0v) is 16.1. The van der Waals surface area contributed by atoms with E-state index in [1.54, 1.807) is 0 Å². The number of nitrogens with zero attached hydrogens (tertiary/aromatic N) is 4. The van der Waals surface area contributed by atoms with Crippen LogP contribution in [-0.2, 0) is 6.54 Å². The van der Waals surface area contributed by atoms with Crippen LogP contribution in [0.3, 0.4) is 0 Å².